The highest BCUT2D eigenvalue weighted by Crippen LogP contribution is 2.53. The summed E-state index contributed by atoms with van der Waals surface area (Å²) in [5.74, 6) is 1.46. The topological polar surface area (TPSA) is 46.5 Å². The van der Waals surface area contributed by atoms with Gasteiger partial charge in [0.2, 0.25) is 0 Å². The van der Waals surface area contributed by atoms with E-state index in [1.165, 1.54) is 7.11 Å². The maximum absolute atomic E-state index is 11.8. The molecule has 1 N–H and O–H groups in total. The van der Waals surface area contributed by atoms with Crippen LogP contribution in [0.1, 0.15) is 25.7 Å². The van der Waals surface area contributed by atoms with Gasteiger partial charge in [0, 0.05) is 5.75 Å². The van der Waals surface area contributed by atoms with Crippen molar-refractivity contribution < 1.29 is 14.6 Å². The van der Waals surface area contributed by atoms with Crippen LogP contribution in [0.5, 0.6) is 0 Å². The van der Waals surface area contributed by atoms with Crippen LogP contribution in [0.4, 0.5) is 0 Å². The number of rotatable bonds is 2. The molecule has 0 spiro atoms. The average Bonchev–Trinajstić information content (AvgIpc) is 2.63. The normalized spacial score (nSPS) is 35.0. The first-order chi connectivity index (χ1) is 6.65. The second-order valence-electron chi connectivity index (χ2n) is 4.26. The summed E-state index contributed by atoms with van der Waals surface area (Å²) in [6, 6.07) is 0. The summed E-state index contributed by atoms with van der Waals surface area (Å²) >= 11 is 1.74. The molecule has 1 saturated carbocycles. The number of hydrogen-bond donors (Lipinski definition) is 1. The molecule has 1 aliphatic heterocycles. The van der Waals surface area contributed by atoms with Crippen molar-refractivity contribution in [3.8, 4) is 0 Å². The van der Waals surface area contributed by atoms with Crippen molar-refractivity contribution in [2.24, 2.45) is 5.41 Å². The molecule has 1 aliphatic carbocycles. The number of carbonyl (C=O) groups excluding carboxylic acids is 1. The highest BCUT2D eigenvalue weighted by atomic mass is 32.2. The van der Waals surface area contributed by atoms with E-state index in [0.717, 1.165) is 37.2 Å². The van der Waals surface area contributed by atoms with Crippen LogP contribution in [-0.4, -0.2) is 35.3 Å². The van der Waals surface area contributed by atoms with Gasteiger partial charge in [0.1, 0.15) is 5.41 Å². The number of thioether (sulfide) groups is 1. The van der Waals surface area contributed by atoms with Crippen molar-refractivity contribution in [2.75, 3.05) is 18.6 Å². The van der Waals surface area contributed by atoms with Gasteiger partial charge in [0.05, 0.1) is 12.7 Å². The van der Waals surface area contributed by atoms with Crippen molar-refractivity contribution in [3.05, 3.63) is 0 Å². The third-order valence-corrected chi connectivity index (χ3v) is 4.86. The quantitative estimate of drug-likeness (QED) is 0.704. The van der Waals surface area contributed by atoms with Gasteiger partial charge >= 0.3 is 5.97 Å². The van der Waals surface area contributed by atoms with Crippen LogP contribution >= 0.6 is 11.8 Å². The van der Waals surface area contributed by atoms with Gasteiger partial charge in [-0.05, 0) is 31.4 Å². The Labute approximate surface area is 88.2 Å². The van der Waals surface area contributed by atoms with Crippen molar-refractivity contribution in [1.82, 2.24) is 0 Å². The lowest BCUT2D eigenvalue weighted by Gasteiger charge is -2.48. The van der Waals surface area contributed by atoms with Crippen LogP contribution in [0.15, 0.2) is 0 Å². The maximum atomic E-state index is 11.8. The van der Waals surface area contributed by atoms with Gasteiger partial charge in [-0.3, -0.25) is 4.79 Å². The molecule has 0 aromatic carbocycles. The number of hydrogen-bond acceptors (Lipinski definition) is 4. The summed E-state index contributed by atoms with van der Waals surface area (Å²) in [5, 5.41) is 10.3. The predicted octanol–water partition coefficient (Wildman–Crippen LogP) is 1.20. The van der Waals surface area contributed by atoms with Gasteiger partial charge in [0.25, 0.3) is 0 Å². The number of esters is 1. The summed E-state index contributed by atoms with van der Waals surface area (Å²) in [6.45, 7) is 0. The first-order valence-corrected chi connectivity index (χ1v) is 6.19. The van der Waals surface area contributed by atoms with E-state index in [9.17, 15) is 9.90 Å². The van der Waals surface area contributed by atoms with E-state index in [1.54, 1.807) is 11.8 Å². The summed E-state index contributed by atoms with van der Waals surface area (Å²) < 4.78 is 4.85. The molecule has 3 nitrogen and oxygen atoms in total. The molecule has 1 atom stereocenters. The van der Waals surface area contributed by atoms with Gasteiger partial charge in [-0.2, -0.15) is 11.8 Å². The molecule has 0 radical (unpaired) electrons. The largest absolute Gasteiger partial charge is 0.468 e. The van der Waals surface area contributed by atoms with Crippen molar-refractivity contribution >= 4 is 17.7 Å². The van der Waals surface area contributed by atoms with Crippen LogP contribution in [0.3, 0.4) is 0 Å². The summed E-state index contributed by atoms with van der Waals surface area (Å²) in [6.07, 6.45) is 3.30. The minimum Gasteiger partial charge on any atom is -0.468 e. The zero-order valence-corrected chi connectivity index (χ0v) is 9.23. The van der Waals surface area contributed by atoms with Gasteiger partial charge in [0.15, 0.2) is 0 Å². The van der Waals surface area contributed by atoms with E-state index >= 15 is 0 Å². The Morgan fingerprint density at radius 2 is 2.14 bits per heavy atom. The third kappa shape index (κ3) is 1.20. The molecule has 80 valence electrons. The third-order valence-electron chi connectivity index (χ3n) is 3.67. The number of methoxy groups -OCH3 is 1. The van der Waals surface area contributed by atoms with Gasteiger partial charge in [-0.25, -0.2) is 0 Å². The molecule has 4 heteroatoms. The molecule has 0 aromatic heterocycles. The zero-order valence-electron chi connectivity index (χ0n) is 8.41. The molecular weight excluding hydrogens is 200 g/mol. The number of aliphatic hydroxyl groups is 1. The van der Waals surface area contributed by atoms with Crippen LogP contribution in [0, 0.1) is 5.41 Å². The molecular formula is C10H16O3S. The highest BCUT2D eigenvalue weighted by Gasteiger charge is 2.60. The minimum absolute atomic E-state index is 0.218. The lowest BCUT2D eigenvalue weighted by Crippen LogP contribution is -2.58. The SMILES string of the molecule is COC(=O)C1(C2(O)CCC2)CCSC1. The second-order valence-corrected chi connectivity index (χ2v) is 5.37. The standard InChI is InChI=1S/C10H16O3S/c1-13-8(11)9(5-6-14-7-9)10(12)3-2-4-10/h12H,2-7H2,1H3. The lowest BCUT2D eigenvalue weighted by atomic mass is 9.61. The Morgan fingerprint density at radius 3 is 2.50 bits per heavy atom. The predicted molar refractivity (Wildman–Crippen MR) is 55.2 cm³/mol. The van der Waals surface area contributed by atoms with Crippen LogP contribution in [0.2, 0.25) is 0 Å². The molecule has 14 heavy (non-hydrogen) atoms. The molecule has 1 heterocycles. The Bertz CT molecular complexity index is 242. The molecule has 1 saturated heterocycles. The fraction of sp³-hybridized carbons (Fsp3) is 0.900. The Morgan fingerprint density at radius 1 is 1.43 bits per heavy atom. The summed E-state index contributed by atoms with van der Waals surface area (Å²) in [4.78, 5) is 11.8. The molecule has 0 amide bonds. The Kier molecular flexibility index (Phi) is 2.52. The molecule has 2 fully saturated rings. The van der Waals surface area contributed by atoms with Crippen LogP contribution < -0.4 is 0 Å². The Balaban J connectivity index is 2.25. The molecule has 1 unspecified atom stereocenters. The first kappa shape index (κ1) is 10.3. The minimum atomic E-state index is -0.774. The molecule has 2 rings (SSSR count). The summed E-state index contributed by atoms with van der Waals surface area (Å²) in [5.41, 5.74) is -1.38. The molecule has 0 bridgehead atoms. The van der Waals surface area contributed by atoms with Crippen LogP contribution in [-0.2, 0) is 9.53 Å². The smallest absolute Gasteiger partial charge is 0.315 e. The van der Waals surface area contributed by atoms with Gasteiger partial charge in [-0.1, -0.05) is 0 Å². The summed E-state index contributed by atoms with van der Waals surface area (Å²) in [7, 11) is 1.41. The van der Waals surface area contributed by atoms with E-state index in [2.05, 4.69) is 0 Å². The lowest BCUT2D eigenvalue weighted by molar-refractivity contribution is -0.182. The number of carbonyl (C=O) groups is 1. The monoisotopic (exact) mass is 216 g/mol. The average molecular weight is 216 g/mol. The molecule has 0 aromatic rings. The Hall–Kier alpha value is -0.220. The van der Waals surface area contributed by atoms with E-state index in [1.807, 2.05) is 0 Å². The molecule has 2 aliphatic rings. The second kappa shape index (κ2) is 3.42. The van der Waals surface area contributed by atoms with Crippen molar-refractivity contribution in [2.45, 2.75) is 31.3 Å². The van der Waals surface area contributed by atoms with E-state index in [-0.39, 0.29) is 5.97 Å². The van der Waals surface area contributed by atoms with Crippen molar-refractivity contribution in [1.29, 1.82) is 0 Å². The van der Waals surface area contributed by atoms with E-state index in [4.69, 9.17) is 4.74 Å². The van der Waals surface area contributed by atoms with E-state index < -0.39 is 11.0 Å². The van der Waals surface area contributed by atoms with Gasteiger partial charge in [-0.15, -0.1) is 0 Å². The first-order valence-electron chi connectivity index (χ1n) is 5.03. The fourth-order valence-electron chi connectivity index (χ4n) is 2.47. The number of ether oxygens (including phenoxy) is 1. The highest BCUT2D eigenvalue weighted by molar-refractivity contribution is 7.99. The fourth-order valence-corrected chi connectivity index (χ4v) is 3.99. The van der Waals surface area contributed by atoms with E-state index in [0.29, 0.717) is 0 Å². The van der Waals surface area contributed by atoms with Gasteiger partial charge < -0.3 is 9.84 Å². The zero-order chi connectivity index (χ0) is 10.2. The van der Waals surface area contributed by atoms with Crippen LogP contribution in [0.25, 0.3) is 0 Å². The van der Waals surface area contributed by atoms with Crippen molar-refractivity contribution in [3.63, 3.8) is 0 Å². The maximum Gasteiger partial charge on any atom is 0.315 e.